The molecular weight excluding hydrogens is 383 g/mol. The van der Waals surface area contributed by atoms with Crippen LogP contribution in [0.4, 0.5) is 5.69 Å². The molecule has 0 spiro atoms. The Balaban J connectivity index is 0.00000151. The molecular formula is C17H20Cl2N2O3S. The number of hydrogen-bond acceptors (Lipinski definition) is 5. The second-order valence-electron chi connectivity index (χ2n) is 4.37. The van der Waals surface area contributed by atoms with Crippen LogP contribution in [0.15, 0.2) is 30.6 Å². The molecule has 0 saturated heterocycles. The molecule has 2 rings (SSSR count). The highest BCUT2D eigenvalue weighted by molar-refractivity contribution is 7.80. The second kappa shape index (κ2) is 11.1. The number of pyridine rings is 1. The lowest BCUT2D eigenvalue weighted by atomic mass is 10.2. The maximum absolute atomic E-state index is 12.4. The molecule has 5 nitrogen and oxygen atoms in total. The third kappa shape index (κ3) is 5.99. The van der Waals surface area contributed by atoms with Gasteiger partial charge in [0.25, 0.3) is 5.91 Å². The number of rotatable bonds is 6. The van der Waals surface area contributed by atoms with Gasteiger partial charge in [-0.25, -0.2) is 0 Å². The molecule has 0 aliphatic heterocycles. The van der Waals surface area contributed by atoms with Crippen LogP contribution in [0.3, 0.4) is 0 Å². The molecule has 0 aliphatic carbocycles. The molecule has 0 atom stereocenters. The van der Waals surface area contributed by atoms with E-state index < -0.39 is 0 Å². The van der Waals surface area contributed by atoms with E-state index in [0.29, 0.717) is 35.1 Å². The van der Waals surface area contributed by atoms with Gasteiger partial charge in [0.2, 0.25) is 0 Å². The third-order valence-corrected chi connectivity index (χ3v) is 3.62. The van der Waals surface area contributed by atoms with Crippen LogP contribution in [-0.2, 0) is 0 Å². The average Bonchev–Trinajstić information content (AvgIpc) is 2.64. The van der Waals surface area contributed by atoms with Gasteiger partial charge in [0, 0.05) is 23.7 Å². The number of methoxy groups -OCH3 is 1. The number of nitrogens with one attached hydrogen (secondary N) is 1. The maximum Gasteiger partial charge on any atom is 0.255 e. The Morgan fingerprint density at radius 1 is 1.20 bits per heavy atom. The van der Waals surface area contributed by atoms with Crippen molar-refractivity contribution in [2.24, 2.45) is 0 Å². The SMILES string of the molecule is CC.COc1ccc(C(=O)Nc2c(Cl)cncc2Cl)cc1OCCS. The molecule has 1 amide bonds. The van der Waals surface area contributed by atoms with E-state index in [1.807, 2.05) is 13.8 Å². The molecule has 1 aromatic heterocycles. The molecule has 0 unspecified atom stereocenters. The number of carbonyl (C=O) groups excluding carboxylic acids is 1. The summed E-state index contributed by atoms with van der Waals surface area (Å²) in [5, 5.41) is 3.17. The van der Waals surface area contributed by atoms with E-state index in [0.717, 1.165) is 0 Å². The Bertz CT molecular complexity index is 694. The number of amides is 1. The second-order valence-corrected chi connectivity index (χ2v) is 5.63. The molecule has 1 N–H and O–H groups in total. The molecule has 1 heterocycles. The molecule has 0 saturated carbocycles. The van der Waals surface area contributed by atoms with Crippen LogP contribution in [0.1, 0.15) is 24.2 Å². The number of anilines is 1. The van der Waals surface area contributed by atoms with Crippen LogP contribution in [0.5, 0.6) is 11.5 Å². The minimum atomic E-state index is -0.377. The van der Waals surface area contributed by atoms with Gasteiger partial charge >= 0.3 is 0 Å². The van der Waals surface area contributed by atoms with Gasteiger partial charge in [-0.05, 0) is 18.2 Å². The van der Waals surface area contributed by atoms with Gasteiger partial charge in [0.05, 0.1) is 29.4 Å². The predicted octanol–water partition coefficient (Wildman–Crippen LogP) is 4.98. The van der Waals surface area contributed by atoms with Crippen molar-refractivity contribution >= 4 is 47.4 Å². The standard InChI is InChI=1S/C15H14Cl2N2O3S.C2H6/c1-21-12-3-2-9(6-13(12)22-4-5-23)15(20)19-14-10(16)7-18-8-11(14)17;1-2/h2-3,6-8,23H,4-5H2,1H3,(H,18,19,20);1-2H3. The van der Waals surface area contributed by atoms with Crippen molar-refractivity contribution in [1.29, 1.82) is 0 Å². The molecule has 0 fully saturated rings. The quantitative estimate of drug-likeness (QED) is 0.668. The summed E-state index contributed by atoms with van der Waals surface area (Å²) in [5.41, 5.74) is 0.686. The van der Waals surface area contributed by atoms with Gasteiger partial charge in [-0.1, -0.05) is 37.0 Å². The first kappa shape index (κ1) is 21.4. The molecule has 8 heteroatoms. The van der Waals surface area contributed by atoms with Gasteiger partial charge < -0.3 is 14.8 Å². The highest BCUT2D eigenvalue weighted by Crippen LogP contribution is 2.31. The maximum atomic E-state index is 12.4. The summed E-state index contributed by atoms with van der Waals surface area (Å²) < 4.78 is 10.7. The predicted molar refractivity (Wildman–Crippen MR) is 106 cm³/mol. The fraction of sp³-hybridized carbons (Fsp3) is 0.294. The van der Waals surface area contributed by atoms with Crippen LogP contribution in [0.2, 0.25) is 10.0 Å². The molecule has 0 radical (unpaired) electrons. The lowest BCUT2D eigenvalue weighted by Gasteiger charge is -2.12. The number of aromatic nitrogens is 1. The number of nitrogens with zero attached hydrogens (tertiary/aromatic N) is 1. The summed E-state index contributed by atoms with van der Waals surface area (Å²) in [6.07, 6.45) is 2.80. The zero-order chi connectivity index (χ0) is 18.8. The fourth-order valence-electron chi connectivity index (χ4n) is 1.80. The van der Waals surface area contributed by atoms with E-state index in [4.69, 9.17) is 32.7 Å². The molecule has 136 valence electrons. The van der Waals surface area contributed by atoms with Gasteiger partial charge in [0.15, 0.2) is 11.5 Å². The number of halogens is 2. The van der Waals surface area contributed by atoms with Crippen LogP contribution in [0, 0.1) is 0 Å². The third-order valence-electron chi connectivity index (χ3n) is 2.87. The van der Waals surface area contributed by atoms with E-state index in [9.17, 15) is 4.79 Å². The molecule has 2 aromatic rings. The summed E-state index contributed by atoms with van der Waals surface area (Å²) in [7, 11) is 1.53. The van der Waals surface area contributed by atoms with E-state index in [1.165, 1.54) is 19.5 Å². The first-order valence-corrected chi connectivity index (χ1v) is 8.97. The van der Waals surface area contributed by atoms with Crippen LogP contribution < -0.4 is 14.8 Å². The summed E-state index contributed by atoms with van der Waals surface area (Å²) in [6, 6.07) is 4.85. The van der Waals surface area contributed by atoms with E-state index >= 15 is 0 Å². The first-order valence-electron chi connectivity index (χ1n) is 7.59. The zero-order valence-electron chi connectivity index (χ0n) is 14.2. The average molecular weight is 403 g/mol. The fourth-order valence-corrected chi connectivity index (χ4v) is 2.35. The lowest BCUT2D eigenvalue weighted by Crippen LogP contribution is -2.13. The van der Waals surface area contributed by atoms with Crippen LogP contribution >= 0.6 is 35.8 Å². The van der Waals surface area contributed by atoms with Crippen molar-refractivity contribution in [3.05, 3.63) is 46.2 Å². The van der Waals surface area contributed by atoms with E-state index in [-0.39, 0.29) is 16.0 Å². The monoisotopic (exact) mass is 402 g/mol. The first-order chi connectivity index (χ1) is 12.1. The Labute approximate surface area is 163 Å². The smallest absolute Gasteiger partial charge is 0.255 e. The minimum absolute atomic E-state index is 0.255. The van der Waals surface area contributed by atoms with Crippen molar-refractivity contribution in [3.63, 3.8) is 0 Å². The van der Waals surface area contributed by atoms with E-state index in [2.05, 4.69) is 22.9 Å². The largest absolute Gasteiger partial charge is 0.493 e. The van der Waals surface area contributed by atoms with Crippen molar-refractivity contribution < 1.29 is 14.3 Å². The Kier molecular flexibility index (Phi) is 9.49. The van der Waals surface area contributed by atoms with Crippen molar-refractivity contribution in [1.82, 2.24) is 4.98 Å². The Hall–Kier alpha value is -1.63. The van der Waals surface area contributed by atoms with Crippen LogP contribution in [0.25, 0.3) is 0 Å². The number of benzene rings is 1. The van der Waals surface area contributed by atoms with E-state index in [1.54, 1.807) is 18.2 Å². The van der Waals surface area contributed by atoms with Gasteiger partial charge in [-0.3, -0.25) is 9.78 Å². The molecule has 0 aliphatic rings. The summed E-state index contributed by atoms with van der Waals surface area (Å²) >= 11 is 16.1. The topological polar surface area (TPSA) is 60.5 Å². The number of hydrogen-bond donors (Lipinski definition) is 2. The highest BCUT2D eigenvalue weighted by atomic mass is 35.5. The zero-order valence-corrected chi connectivity index (χ0v) is 16.6. The van der Waals surface area contributed by atoms with Gasteiger partial charge in [-0.15, -0.1) is 0 Å². The van der Waals surface area contributed by atoms with Crippen LogP contribution in [-0.4, -0.2) is 30.4 Å². The lowest BCUT2D eigenvalue weighted by molar-refractivity contribution is 0.102. The number of thiol groups is 1. The molecule has 25 heavy (non-hydrogen) atoms. The summed E-state index contributed by atoms with van der Waals surface area (Å²) in [4.78, 5) is 16.2. The minimum Gasteiger partial charge on any atom is -0.493 e. The molecule has 1 aromatic carbocycles. The summed E-state index contributed by atoms with van der Waals surface area (Å²) in [6.45, 7) is 4.40. The summed E-state index contributed by atoms with van der Waals surface area (Å²) in [5.74, 6) is 1.16. The Morgan fingerprint density at radius 2 is 1.84 bits per heavy atom. The van der Waals surface area contributed by atoms with Crippen molar-refractivity contribution in [2.45, 2.75) is 13.8 Å². The van der Waals surface area contributed by atoms with Gasteiger partial charge in [-0.2, -0.15) is 12.6 Å². The number of ether oxygens (including phenoxy) is 2. The number of carbonyl (C=O) groups is 1. The van der Waals surface area contributed by atoms with Crippen molar-refractivity contribution in [2.75, 3.05) is 24.8 Å². The van der Waals surface area contributed by atoms with Crippen molar-refractivity contribution in [3.8, 4) is 11.5 Å². The Morgan fingerprint density at radius 3 is 2.40 bits per heavy atom. The normalized spacial score (nSPS) is 9.68. The highest BCUT2D eigenvalue weighted by Gasteiger charge is 2.14. The van der Waals surface area contributed by atoms with Gasteiger partial charge in [0.1, 0.15) is 0 Å². The molecule has 0 bridgehead atoms.